The topological polar surface area (TPSA) is 59.5 Å². The number of esters is 1. The largest absolute Gasteiger partial charge is 0.452 e. The Morgan fingerprint density at radius 3 is 2.57 bits per heavy atom. The number of amides is 1. The van der Waals surface area contributed by atoms with E-state index in [1.54, 1.807) is 0 Å². The maximum Gasteiger partial charge on any atom is 0.339 e. The van der Waals surface area contributed by atoms with Crippen LogP contribution in [0.25, 0.3) is 22.2 Å². The average Bonchev–Trinajstić information content (AvgIpc) is 2.77. The molecule has 1 aliphatic heterocycles. The number of pyridine rings is 1. The smallest absolute Gasteiger partial charge is 0.339 e. The van der Waals surface area contributed by atoms with Crippen molar-refractivity contribution in [2.45, 2.75) is 39.2 Å². The molecule has 0 unspecified atom stereocenters. The molecule has 1 saturated heterocycles. The molecule has 0 spiro atoms. The summed E-state index contributed by atoms with van der Waals surface area (Å²) < 4.78 is 5.51. The first-order valence-electron chi connectivity index (χ1n) is 10.5. The van der Waals surface area contributed by atoms with Crippen LogP contribution in [0.4, 0.5) is 0 Å². The minimum Gasteiger partial charge on any atom is -0.452 e. The van der Waals surface area contributed by atoms with E-state index in [0.29, 0.717) is 5.56 Å². The maximum absolute atomic E-state index is 13.1. The number of nitrogens with zero attached hydrogens (tertiary/aromatic N) is 2. The fourth-order valence-electron chi connectivity index (χ4n) is 4.20. The van der Waals surface area contributed by atoms with Gasteiger partial charge >= 0.3 is 5.97 Å². The van der Waals surface area contributed by atoms with Gasteiger partial charge in [-0.25, -0.2) is 9.78 Å². The molecule has 5 nitrogen and oxygen atoms in total. The van der Waals surface area contributed by atoms with Crippen LogP contribution in [0.5, 0.6) is 0 Å². The van der Waals surface area contributed by atoms with Gasteiger partial charge in [-0.05, 0) is 44.7 Å². The zero-order valence-electron chi connectivity index (χ0n) is 17.4. The van der Waals surface area contributed by atoms with Crippen molar-refractivity contribution < 1.29 is 14.3 Å². The van der Waals surface area contributed by atoms with Gasteiger partial charge in [0, 0.05) is 23.5 Å². The van der Waals surface area contributed by atoms with Crippen LogP contribution in [0.15, 0.2) is 54.6 Å². The summed E-state index contributed by atoms with van der Waals surface area (Å²) in [5.74, 6) is -0.615. The fraction of sp³-hybridized carbons (Fsp3) is 0.320. The second-order valence-corrected chi connectivity index (χ2v) is 7.85. The van der Waals surface area contributed by atoms with Crippen molar-refractivity contribution in [2.24, 2.45) is 0 Å². The number of hydrogen-bond donors (Lipinski definition) is 0. The van der Waals surface area contributed by atoms with Crippen LogP contribution in [0.3, 0.4) is 0 Å². The number of piperidine rings is 1. The number of rotatable bonds is 4. The predicted octanol–water partition coefficient (Wildman–Crippen LogP) is 4.77. The van der Waals surface area contributed by atoms with Gasteiger partial charge in [-0.1, -0.05) is 48.5 Å². The van der Waals surface area contributed by atoms with Crippen molar-refractivity contribution >= 4 is 22.8 Å². The van der Waals surface area contributed by atoms with Gasteiger partial charge in [0.1, 0.15) is 0 Å². The van der Waals surface area contributed by atoms with E-state index in [1.165, 1.54) is 0 Å². The molecule has 0 radical (unpaired) electrons. The van der Waals surface area contributed by atoms with Gasteiger partial charge in [0.05, 0.1) is 16.8 Å². The Morgan fingerprint density at radius 1 is 1.07 bits per heavy atom. The summed E-state index contributed by atoms with van der Waals surface area (Å²) in [6.07, 6.45) is 3.13. The number of carbonyl (C=O) groups excluding carboxylic acids is 2. The van der Waals surface area contributed by atoms with Crippen LogP contribution in [0, 0.1) is 6.92 Å². The molecule has 0 N–H and O–H groups in total. The first-order valence-corrected chi connectivity index (χ1v) is 10.5. The number of benzene rings is 2. The van der Waals surface area contributed by atoms with Gasteiger partial charge in [-0.3, -0.25) is 4.79 Å². The van der Waals surface area contributed by atoms with E-state index >= 15 is 0 Å². The van der Waals surface area contributed by atoms with Crippen LogP contribution < -0.4 is 0 Å². The highest BCUT2D eigenvalue weighted by Crippen LogP contribution is 2.30. The molecule has 3 aromatic rings. The van der Waals surface area contributed by atoms with Crippen molar-refractivity contribution in [3.8, 4) is 11.3 Å². The van der Waals surface area contributed by atoms with Gasteiger partial charge in [-0.2, -0.15) is 0 Å². The molecule has 1 aliphatic rings. The maximum atomic E-state index is 13.1. The highest BCUT2D eigenvalue weighted by molar-refractivity contribution is 6.06. The summed E-state index contributed by atoms with van der Waals surface area (Å²) in [7, 11) is 0. The average molecular weight is 402 g/mol. The second-order valence-electron chi connectivity index (χ2n) is 7.85. The molecule has 154 valence electrons. The summed E-state index contributed by atoms with van der Waals surface area (Å²) in [5, 5.41) is 0.735. The second kappa shape index (κ2) is 8.66. The molecule has 2 heterocycles. The highest BCUT2D eigenvalue weighted by Gasteiger charge is 2.25. The minimum atomic E-state index is -0.485. The molecule has 1 fully saturated rings. The third-order valence-corrected chi connectivity index (χ3v) is 5.84. The molecule has 0 aliphatic carbocycles. The SMILES string of the molecule is Cc1c(-c2ccccc2)nc2ccccc2c1C(=O)OCC(=O)N1CCCC[C@H]1C. The van der Waals surface area contributed by atoms with Crippen LogP contribution >= 0.6 is 0 Å². The van der Waals surface area contributed by atoms with Crippen LogP contribution in [0.2, 0.25) is 0 Å². The summed E-state index contributed by atoms with van der Waals surface area (Å²) in [6, 6.07) is 17.5. The van der Waals surface area contributed by atoms with Crippen molar-refractivity contribution in [1.29, 1.82) is 0 Å². The van der Waals surface area contributed by atoms with Gasteiger partial charge in [0.15, 0.2) is 6.61 Å². The molecule has 1 aromatic heterocycles. The number of carbonyl (C=O) groups is 2. The lowest BCUT2D eigenvalue weighted by molar-refractivity contribution is -0.137. The number of para-hydroxylation sites is 1. The molecule has 1 amide bonds. The lowest BCUT2D eigenvalue weighted by atomic mass is 9.98. The Kier molecular flexibility index (Phi) is 5.79. The Labute approximate surface area is 176 Å². The first kappa shape index (κ1) is 20.1. The first-order chi connectivity index (χ1) is 14.6. The number of likely N-dealkylation sites (tertiary alicyclic amines) is 1. The summed E-state index contributed by atoms with van der Waals surface area (Å²) in [6.45, 7) is 4.42. The zero-order chi connectivity index (χ0) is 21.1. The van der Waals surface area contributed by atoms with Crippen molar-refractivity contribution in [1.82, 2.24) is 9.88 Å². The van der Waals surface area contributed by atoms with Crippen molar-refractivity contribution in [2.75, 3.05) is 13.2 Å². The van der Waals surface area contributed by atoms with E-state index in [-0.39, 0.29) is 18.6 Å². The summed E-state index contributed by atoms with van der Waals surface area (Å²) in [4.78, 5) is 32.3. The lowest BCUT2D eigenvalue weighted by Crippen LogP contribution is -2.44. The quantitative estimate of drug-likeness (QED) is 0.590. The molecule has 0 bridgehead atoms. The Bertz CT molecular complexity index is 1080. The summed E-state index contributed by atoms with van der Waals surface area (Å²) >= 11 is 0. The lowest BCUT2D eigenvalue weighted by Gasteiger charge is -2.33. The van der Waals surface area contributed by atoms with Crippen LogP contribution in [-0.4, -0.2) is 41.0 Å². The molecule has 0 saturated carbocycles. The molecule has 1 atom stereocenters. The Hall–Kier alpha value is -3.21. The van der Waals surface area contributed by atoms with Crippen LogP contribution in [0.1, 0.15) is 42.1 Å². The monoisotopic (exact) mass is 402 g/mol. The van der Waals surface area contributed by atoms with E-state index < -0.39 is 5.97 Å². The normalized spacial score (nSPS) is 16.5. The van der Waals surface area contributed by atoms with Crippen molar-refractivity contribution in [3.05, 3.63) is 65.7 Å². The van der Waals surface area contributed by atoms with E-state index in [9.17, 15) is 9.59 Å². The number of ether oxygens (including phenoxy) is 1. The predicted molar refractivity (Wildman–Crippen MR) is 117 cm³/mol. The molecule has 4 rings (SSSR count). The minimum absolute atomic E-state index is 0.130. The van der Waals surface area contributed by atoms with Crippen molar-refractivity contribution in [3.63, 3.8) is 0 Å². The van der Waals surface area contributed by atoms with E-state index in [0.717, 1.165) is 53.5 Å². The fourth-order valence-corrected chi connectivity index (χ4v) is 4.20. The number of fused-ring (bicyclic) bond motifs is 1. The van der Waals surface area contributed by atoms with Gasteiger partial charge in [0.2, 0.25) is 0 Å². The third-order valence-electron chi connectivity index (χ3n) is 5.84. The van der Waals surface area contributed by atoms with Gasteiger partial charge in [-0.15, -0.1) is 0 Å². The summed E-state index contributed by atoms with van der Waals surface area (Å²) in [5.41, 5.74) is 3.64. The third kappa shape index (κ3) is 3.92. The molecule has 5 heteroatoms. The van der Waals surface area contributed by atoms with Gasteiger partial charge in [0.25, 0.3) is 5.91 Å². The van der Waals surface area contributed by atoms with E-state index in [2.05, 4.69) is 0 Å². The van der Waals surface area contributed by atoms with E-state index in [4.69, 9.17) is 9.72 Å². The molecular formula is C25H26N2O3. The Balaban J connectivity index is 1.65. The molecular weight excluding hydrogens is 376 g/mol. The van der Waals surface area contributed by atoms with Crippen LogP contribution in [-0.2, 0) is 9.53 Å². The molecule has 30 heavy (non-hydrogen) atoms. The standard InChI is InChI=1S/C25H26N2O3/c1-17-10-8-9-15-27(17)22(28)16-30-25(29)23-18(2)24(19-11-4-3-5-12-19)26-21-14-7-6-13-20(21)23/h3-7,11-14,17H,8-10,15-16H2,1-2H3/t17-/m1/s1. The number of hydrogen-bond acceptors (Lipinski definition) is 4. The number of aromatic nitrogens is 1. The molecule has 2 aromatic carbocycles. The van der Waals surface area contributed by atoms with Gasteiger partial charge < -0.3 is 9.64 Å². The highest BCUT2D eigenvalue weighted by atomic mass is 16.5. The van der Waals surface area contributed by atoms with E-state index in [1.807, 2.05) is 73.3 Å². The zero-order valence-corrected chi connectivity index (χ0v) is 17.4. The Morgan fingerprint density at radius 2 is 1.80 bits per heavy atom.